The average Bonchev–Trinajstić information content (AvgIpc) is 2.77. The first-order valence-corrected chi connectivity index (χ1v) is 5.06. The van der Waals surface area contributed by atoms with Crippen molar-refractivity contribution in [2.24, 2.45) is 0 Å². The lowest BCUT2D eigenvalue weighted by Gasteiger charge is -2.04. The Hall–Kier alpha value is -2.27. The molecule has 3 N–H and O–H groups in total. The third-order valence-electron chi connectivity index (χ3n) is 2.15. The molecule has 0 fully saturated rings. The molecule has 5 nitrogen and oxygen atoms in total. The van der Waals surface area contributed by atoms with Gasteiger partial charge in [-0.15, -0.1) is 0 Å². The SMILES string of the molecule is Nc1ccoc1C(=O)NOCc1ccccc1. The minimum Gasteiger partial charge on any atom is -0.457 e. The molecule has 17 heavy (non-hydrogen) atoms. The van der Waals surface area contributed by atoms with Crippen molar-refractivity contribution in [1.29, 1.82) is 0 Å². The first kappa shape index (κ1) is 11.2. The van der Waals surface area contributed by atoms with Gasteiger partial charge in [0.2, 0.25) is 5.76 Å². The summed E-state index contributed by atoms with van der Waals surface area (Å²) in [7, 11) is 0. The third kappa shape index (κ3) is 2.85. The van der Waals surface area contributed by atoms with Crippen molar-refractivity contribution in [3.8, 4) is 0 Å². The summed E-state index contributed by atoms with van der Waals surface area (Å²) in [5, 5.41) is 0. The number of nitrogen functional groups attached to an aromatic ring is 1. The molecule has 0 atom stereocenters. The quantitative estimate of drug-likeness (QED) is 0.787. The normalized spacial score (nSPS) is 10.1. The van der Waals surface area contributed by atoms with Gasteiger partial charge in [-0.2, -0.15) is 0 Å². The number of anilines is 1. The number of amides is 1. The lowest BCUT2D eigenvalue weighted by atomic mass is 10.2. The predicted octanol–water partition coefficient (Wildman–Crippen LogP) is 1.72. The van der Waals surface area contributed by atoms with E-state index < -0.39 is 5.91 Å². The van der Waals surface area contributed by atoms with E-state index in [9.17, 15) is 4.79 Å². The smallest absolute Gasteiger partial charge is 0.312 e. The third-order valence-corrected chi connectivity index (χ3v) is 2.15. The second-order valence-electron chi connectivity index (χ2n) is 3.41. The van der Waals surface area contributed by atoms with Crippen LogP contribution in [0.3, 0.4) is 0 Å². The molecule has 1 aromatic carbocycles. The van der Waals surface area contributed by atoms with Gasteiger partial charge in [-0.25, -0.2) is 5.48 Å². The fraction of sp³-hybridized carbons (Fsp3) is 0.0833. The Morgan fingerprint density at radius 2 is 2.06 bits per heavy atom. The zero-order valence-corrected chi connectivity index (χ0v) is 9.05. The Kier molecular flexibility index (Phi) is 3.42. The summed E-state index contributed by atoms with van der Waals surface area (Å²) >= 11 is 0. The van der Waals surface area contributed by atoms with Gasteiger partial charge in [-0.1, -0.05) is 30.3 Å². The molecular weight excluding hydrogens is 220 g/mol. The lowest BCUT2D eigenvalue weighted by molar-refractivity contribution is 0.0213. The summed E-state index contributed by atoms with van der Waals surface area (Å²) in [6.45, 7) is 0.285. The molecule has 5 heteroatoms. The van der Waals surface area contributed by atoms with E-state index >= 15 is 0 Å². The minimum absolute atomic E-state index is 0.0538. The number of furan rings is 1. The molecule has 0 aliphatic carbocycles. The second-order valence-corrected chi connectivity index (χ2v) is 3.41. The Balaban J connectivity index is 1.84. The molecule has 1 amide bonds. The number of hydroxylamine groups is 1. The van der Waals surface area contributed by atoms with E-state index in [-0.39, 0.29) is 18.1 Å². The van der Waals surface area contributed by atoms with Crippen LogP contribution in [0.1, 0.15) is 16.1 Å². The van der Waals surface area contributed by atoms with Crippen molar-refractivity contribution in [1.82, 2.24) is 5.48 Å². The van der Waals surface area contributed by atoms with Crippen LogP contribution in [-0.4, -0.2) is 5.91 Å². The first-order valence-electron chi connectivity index (χ1n) is 5.06. The molecule has 0 saturated carbocycles. The maximum atomic E-state index is 11.5. The molecular formula is C12H12N2O3. The molecule has 0 bridgehead atoms. The molecule has 0 saturated heterocycles. The van der Waals surface area contributed by atoms with Gasteiger partial charge >= 0.3 is 5.91 Å². The predicted molar refractivity (Wildman–Crippen MR) is 61.8 cm³/mol. The van der Waals surface area contributed by atoms with Crippen molar-refractivity contribution >= 4 is 11.6 Å². The van der Waals surface area contributed by atoms with Crippen LogP contribution >= 0.6 is 0 Å². The Bertz CT molecular complexity index is 493. The van der Waals surface area contributed by atoms with E-state index in [2.05, 4.69) is 5.48 Å². The summed E-state index contributed by atoms with van der Waals surface area (Å²) in [5.41, 5.74) is 9.02. The fourth-order valence-corrected chi connectivity index (χ4v) is 1.31. The van der Waals surface area contributed by atoms with Crippen LogP contribution in [0, 0.1) is 0 Å². The molecule has 0 aliphatic heterocycles. The highest BCUT2D eigenvalue weighted by Crippen LogP contribution is 2.11. The average molecular weight is 232 g/mol. The van der Waals surface area contributed by atoms with Gasteiger partial charge in [0.25, 0.3) is 0 Å². The Morgan fingerprint density at radius 1 is 1.29 bits per heavy atom. The number of benzene rings is 1. The van der Waals surface area contributed by atoms with Crippen molar-refractivity contribution < 1.29 is 14.0 Å². The van der Waals surface area contributed by atoms with Crippen LogP contribution in [0.25, 0.3) is 0 Å². The van der Waals surface area contributed by atoms with Crippen molar-refractivity contribution in [3.05, 3.63) is 54.0 Å². The van der Waals surface area contributed by atoms with Gasteiger partial charge in [0.1, 0.15) is 0 Å². The molecule has 88 valence electrons. The maximum absolute atomic E-state index is 11.5. The van der Waals surface area contributed by atoms with Crippen LogP contribution < -0.4 is 11.2 Å². The standard InChI is InChI=1S/C12H12N2O3/c13-10-6-7-16-11(10)12(15)14-17-8-9-4-2-1-3-5-9/h1-7H,8,13H2,(H,14,15). The molecule has 0 radical (unpaired) electrons. The molecule has 0 spiro atoms. The van der Waals surface area contributed by atoms with Gasteiger partial charge in [-0.05, 0) is 5.56 Å². The van der Waals surface area contributed by atoms with Crippen LogP contribution in [0.15, 0.2) is 47.1 Å². The topological polar surface area (TPSA) is 77.5 Å². The zero-order valence-electron chi connectivity index (χ0n) is 9.05. The number of carbonyl (C=O) groups is 1. The van der Waals surface area contributed by atoms with Crippen molar-refractivity contribution in [2.45, 2.75) is 6.61 Å². The van der Waals surface area contributed by atoms with Gasteiger partial charge in [0.15, 0.2) is 0 Å². The van der Waals surface area contributed by atoms with Crippen LogP contribution in [0.2, 0.25) is 0 Å². The Labute approximate surface area is 98.1 Å². The highest BCUT2D eigenvalue weighted by atomic mass is 16.7. The lowest BCUT2D eigenvalue weighted by Crippen LogP contribution is -2.23. The van der Waals surface area contributed by atoms with E-state index in [4.69, 9.17) is 15.0 Å². The summed E-state index contributed by atoms with van der Waals surface area (Å²) in [6, 6.07) is 11.0. The van der Waals surface area contributed by atoms with Gasteiger partial charge < -0.3 is 10.2 Å². The second kappa shape index (κ2) is 5.18. The largest absolute Gasteiger partial charge is 0.457 e. The van der Waals surface area contributed by atoms with Crippen molar-refractivity contribution in [3.63, 3.8) is 0 Å². The monoisotopic (exact) mass is 232 g/mol. The van der Waals surface area contributed by atoms with Crippen molar-refractivity contribution in [2.75, 3.05) is 5.73 Å². The number of nitrogens with two attached hydrogens (primary N) is 1. The minimum atomic E-state index is -0.497. The van der Waals surface area contributed by atoms with Crippen LogP contribution in [0.5, 0.6) is 0 Å². The summed E-state index contributed by atoms with van der Waals surface area (Å²) in [6.07, 6.45) is 1.35. The van der Waals surface area contributed by atoms with E-state index in [0.717, 1.165) is 5.56 Å². The molecule has 2 aromatic rings. The fourth-order valence-electron chi connectivity index (χ4n) is 1.31. The number of carbonyl (C=O) groups excluding carboxylic acids is 1. The number of hydrogen-bond acceptors (Lipinski definition) is 4. The Morgan fingerprint density at radius 3 is 2.71 bits per heavy atom. The highest BCUT2D eigenvalue weighted by molar-refractivity contribution is 5.95. The van der Waals surface area contributed by atoms with Crippen LogP contribution in [0.4, 0.5) is 5.69 Å². The van der Waals surface area contributed by atoms with E-state index in [1.165, 1.54) is 12.3 Å². The molecule has 1 heterocycles. The van der Waals surface area contributed by atoms with Crippen LogP contribution in [-0.2, 0) is 11.4 Å². The summed E-state index contributed by atoms with van der Waals surface area (Å²) < 4.78 is 4.91. The van der Waals surface area contributed by atoms with E-state index in [1.807, 2.05) is 30.3 Å². The molecule has 0 unspecified atom stereocenters. The molecule has 0 aliphatic rings. The van der Waals surface area contributed by atoms with Gasteiger partial charge in [0.05, 0.1) is 18.6 Å². The number of rotatable bonds is 4. The summed E-state index contributed by atoms with van der Waals surface area (Å²) in [5.74, 6) is -0.443. The molecule has 2 rings (SSSR count). The van der Waals surface area contributed by atoms with Gasteiger partial charge in [-0.3, -0.25) is 9.63 Å². The maximum Gasteiger partial charge on any atom is 0.312 e. The number of nitrogens with one attached hydrogen (secondary N) is 1. The molecule has 1 aromatic heterocycles. The highest BCUT2D eigenvalue weighted by Gasteiger charge is 2.12. The van der Waals surface area contributed by atoms with Gasteiger partial charge in [0, 0.05) is 6.07 Å². The number of hydrogen-bond donors (Lipinski definition) is 2. The summed E-state index contributed by atoms with van der Waals surface area (Å²) in [4.78, 5) is 16.6. The first-order chi connectivity index (χ1) is 8.27. The van der Waals surface area contributed by atoms with E-state index in [1.54, 1.807) is 0 Å². The zero-order chi connectivity index (χ0) is 12.1. The van der Waals surface area contributed by atoms with E-state index in [0.29, 0.717) is 0 Å².